The molecule has 2 rings (SSSR count). The fourth-order valence-corrected chi connectivity index (χ4v) is 2.09. The average molecular weight is 261 g/mol. The van der Waals surface area contributed by atoms with Gasteiger partial charge >= 0.3 is 5.97 Å². The third-order valence-electron chi connectivity index (χ3n) is 1.99. The summed E-state index contributed by atoms with van der Waals surface area (Å²) in [6.45, 7) is -0.315. The molecule has 0 fully saturated rings. The lowest BCUT2D eigenvalue weighted by Crippen LogP contribution is -2.11. The van der Waals surface area contributed by atoms with Crippen molar-refractivity contribution in [1.82, 2.24) is 20.2 Å². The minimum absolute atomic E-state index is 0.315. The molecule has 18 heavy (non-hydrogen) atoms. The average Bonchev–Trinajstić information content (AvgIpc) is 2.76. The van der Waals surface area contributed by atoms with Gasteiger partial charge in [0, 0.05) is 4.90 Å². The van der Waals surface area contributed by atoms with Crippen molar-refractivity contribution in [2.45, 2.75) is 16.6 Å². The summed E-state index contributed by atoms with van der Waals surface area (Å²) < 4.78 is 1.17. The monoisotopic (exact) mass is 261 g/mol. The van der Waals surface area contributed by atoms with Gasteiger partial charge in [0.2, 0.25) is 5.16 Å². The van der Waals surface area contributed by atoms with Gasteiger partial charge in [-0.2, -0.15) is 5.26 Å². The number of carboxylic acid groups (broad SMARTS) is 1. The van der Waals surface area contributed by atoms with Crippen LogP contribution in [0.3, 0.4) is 0 Å². The first-order chi connectivity index (χ1) is 8.70. The quantitative estimate of drug-likeness (QED) is 0.866. The summed E-state index contributed by atoms with van der Waals surface area (Å²) >= 11 is 1.16. The number of carboxylic acids is 1. The van der Waals surface area contributed by atoms with Crippen LogP contribution in [-0.2, 0) is 11.3 Å². The first-order valence-electron chi connectivity index (χ1n) is 4.85. The maximum Gasteiger partial charge on any atom is 0.325 e. The molecule has 1 heterocycles. The van der Waals surface area contributed by atoms with Crippen LogP contribution in [0, 0.1) is 11.3 Å². The Labute approximate surface area is 106 Å². The molecule has 0 amide bonds. The molecular weight excluding hydrogens is 254 g/mol. The zero-order valence-electron chi connectivity index (χ0n) is 9.02. The number of hydrogen-bond acceptors (Lipinski definition) is 6. The van der Waals surface area contributed by atoms with Crippen molar-refractivity contribution in [3.8, 4) is 6.07 Å². The standard InChI is InChI=1S/C10H7N5O2S/c11-5-7-3-1-2-4-8(7)18-10-12-13-14-15(10)6-9(16)17/h1-4H,6H2,(H,16,17). The van der Waals surface area contributed by atoms with Gasteiger partial charge in [-0.1, -0.05) is 12.1 Å². The minimum Gasteiger partial charge on any atom is -0.480 e. The Hall–Kier alpha value is -2.40. The van der Waals surface area contributed by atoms with E-state index < -0.39 is 5.97 Å². The molecule has 0 radical (unpaired) electrons. The fraction of sp³-hybridized carbons (Fsp3) is 0.100. The number of aromatic nitrogens is 4. The van der Waals surface area contributed by atoms with Gasteiger partial charge in [0.25, 0.3) is 0 Å². The van der Waals surface area contributed by atoms with Gasteiger partial charge in [0.15, 0.2) is 0 Å². The van der Waals surface area contributed by atoms with Crippen molar-refractivity contribution in [2.24, 2.45) is 0 Å². The van der Waals surface area contributed by atoms with Crippen molar-refractivity contribution in [1.29, 1.82) is 5.26 Å². The highest BCUT2D eigenvalue weighted by molar-refractivity contribution is 7.99. The first-order valence-corrected chi connectivity index (χ1v) is 5.67. The predicted octanol–water partition coefficient (Wildman–Crippen LogP) is 0.781. The molecule has 8 heteroatoms. The van der Waals surface area contributed by atoms with E-state index >= 15 is 0 Å². The highest BCUT2D eigenvalue weighted by Crippen LogP contribution is 2.27. The third-order valence-corrected chi connectivity index (χ3v) is 3.04. The van der Waals surface area contributed by atoms with E-state index in [2.05, 4.69) is 21.6 Å². The van der Waals surface area contributed by atoms with Crippen LogP contribution in [0.4, 0.5) is 0 Å². The zero-order chi connectivity index (χ0) is 13.0. The summed E-state index contributed by atoms with van der Waals surface area (Å²) in [4.78, 5) is 11.3. The van der Waals surface area contributed by atoms with E-state index in [0.29, 0.717) is 15.6 Å². The lowest BCUT2D eigenvalue weighted by molar-refractivity contribution is -0.138. The molecule has 0 saturated carbocycles. The molecular formula is C10H7N5O2S. The highest BCUT2D eigenvalue weighted by atomic mass is 32.2. The van der Waals surface area contributed by atoms with Crippen LogP contribution in [0.15, 0.2) is 34.3 Å². The van der Waals surface area contributed by atoms with Gasteiger partial charge in [0.1, 0.15) is 12.6 Å². The predicted molar refractivity (Wildman–Crippen MR) is 60.7 cm³/mol. The van der Waals surface area contributed by atoms with Gasteiger partial charge in [-0.3, -0.25) is 4.79 Å². The van der Waals surface area contributed by atoms with Crippen LogP contribution in [0.1, 0.15) is 5.56 Å². The molecule has 2 aromatic rings. The highest BCUT2D eigenvalue weighted by Gasteiger charge is 2.12. The number of tetrazole rings is 1. The molecule has 0 atom stereocenters. The normalized spacial score (nSPS) is 9.94. The maximum atomic E-state index is 10.6. The largest absolute Gasteiger partial charge is 0.480 e. The van der Waals surface area contributed by atoms with Crippen LogP contribution in [-0.4, -0.2) is 31.3 Å². The number of nitriles is 1. The van der Waals surface area contributed by atoms with E-state index in [4.69, 9.17) is 10.4 Å². The molecule has 0 saturated heterocycles. The van der Waals surface area contributed by atoms with Crippen LogP contribution in [0.5, 0.6) is 0 Å². The van der Waals surface area contributed by atoms with E-state index in [9.17, 15) is 4.79 Å². The van der Waals surface area contributed by atoms with Gasteiger partial charge < -0.3 is 5.11 Å². The minimum atomic E-state index is -1.03. The molecule has 0 spiro atoms. The Bertz CT molecular complexity index is 619. The van der Waals surface area contributed by atoms with Crippen LogP contribution < -0.4 is 0 Å². The SMILES string of the molecule is N#Cc1ccccc1Sc1nnnn1CC(=O)O. The van der Waals surface area contributed by atoms with Gasteiger partial charge in [-0.25, -0.2) is 4.68 Å². The number of benzene rings is 1. The van der Waals surface area contributed by atoms with Crippen molar-refractivity contribution in [3.63, 3.8) is 0 Å². The van der Waals surface area contributed by atoms with Gasteiger partial charge in [0.05, 0.1) is 5.56 Å². The molecule has 90 valence electrons. The smallest absolute Gasteiger partial charge is 0.325 e. The number of carbonyl (C=O) groups is 1. The number of hydrogen-bond donors (Lipinski definition) is 1. The molecule has 1 N–H and O–H groups in total. The lowest BCUT2D eigenvalue weighted by atomic mass is 10.2. The lowest BCUT2D eigenvalue weighted by Gasteiger charge is -2.02. The molecule has 1 aromatic heterocycles. The molecule has 1 aromatic carbocycles. The molecule has 0 unspecified atom stereocenters. The summed E-state index contributed by atoms with van der Waals surface area (Å²) in [6, 6.07) is 9.02. The number of nitrogens with zero attached hydrogens (tertiary/aromatic N) is 5. The third kappa shape index (κ3) is 2.64. The fourth-order valence-electron chi connectivity index (χ4n) is 1.24. The Morgan fingerprint density at radius 2 is 2.28 bits per heavy atom. The molecule has 0 aliphatic carbocycles. The number of rotatable bonds is 4. The van der Waals surface area contributed by atoms with E-state index in [0.717, 1.165) is 11.8 Å². The van der Waals surface area contributed by atoms with Gasteiger partial charge in [-0.05, 0) is 34.3 Å². The van der Waals surface area contributed by atoms with Crippen molar-refractivity contribution in [3.05, 3.63) is 29.8 Å². The molecule has 0 aliphatic heterocycles. The summed E-state index contributed by atoms with van der Waals surface area (Å²) in [6.07, 6.45) is 0. The van der Waals surface area contributed by atoms with Crippen LogP contribution in [0.25, 0.3) is 0 Å². The van der Waals surface area contributed by atoms with E-state index in [1.54, 1.807) is 24.3 Å². The van der Waals surface area contributed by atoms with Gasteiger partial charge in [-0.15, -0.1) is 5.10 Å². The maximum absolute atomic E-state index is 10.6. The second-order valence-corrected chi connectivity index (χ2v) is 4.23. The van der Waals surface area contributed by atoms with Crippen LogP contribution in [0.2, 0.25) is 0 Å². The zero-order valence-corrected chi connectivity index (χ0v) is 9.83. The Morgan fingerprint density at radius 1 is 1.50 bits per heavy atom. The summed E-state index contributed by atoms with van der Waals surface area (Å²) in [5.74, 6) is -1.03. The Morgan fingerprint density at radius 3 is 3.00 bits per heavy atom. The summed E-state index contributed by atoms with van der Waals surface area (Å²) in [7, 11) is 0. The second kappa shape index (κ2) is 5.29. The number of aliphatic carboxylic acids is 1. The summed E-state index contributed by atoms with van der Waals surface area (Å²) in [5.41, 5.74) is 0.493. The Balaban J connectivity index is 2.27. The van der Waals surface area contributed by atoms with E-state index in [1.807, 2.05) is 0 Å². The first kappa shape index (κ1) is 12.1. The second-order valence-electron chi connectivity index (χ2n) is 3.22. The van der Waals surface area contributed by atoms with Crippen molar-refractivity contribution < 1.29 is 9.90 Å². The summed E-state index contributed by atoms with van der Waals surface area (Å²) in [5, 5.41) is 28.7. The molecule has 0 bridgehead atoms. The topological polar surface area (TPSA) is 105 Å². The van der Waals surface area contributed by atoms with Crippen molar-refractivity contribution >= 4 is 17.7 Å². The van der Waals surface area contributed by atoms with Crippen molar-refractivity contribution in [2.75, 3.05) is 0 Å². The van der Waals surface area contributed by atoms with E-state index in [1.165, 1.54) is 4.68 Å². The molecule has 7 nitrogen and oxygen atoms in total. The Kier molecular flexibility index (Phi) is 3.54. The van der Waals surface area contributed by atoms with Crippen LogP contribution >= 0.6 is 11.8 Å². The van der Waals surface area contributed by atoms with E-state index in [-0.39, 0.29) is 6.54 Å². The molecule has 0 aliphatic rings.